The number of nitrogens with one attached hydrogen (secondary N) is 1. The molecule has 0 aromatic heterocycles. The van der Waals surface area contributed by atoms with Gasteiger partial charge in [-0.2, -0.15) is 0 Å². The molecule has 0 heterocycles. The molecule has 4 heteroatoms. The molecule has 0 radical (unpaired) electrons. The maximum Gasteiger partial charge on any atom is 0.251 e. The number of rotatable bonds is 7. The van der Waals surface area contributed by atoms with Crippen LogP contribution in [0, 0.1) is 0 Å². The fraction of sp³-hybridized carbons (Fsp3) is 0.333. The second kappa shape index (κ2) is 9.88. The Morgan fingerprint density at radius 1 is 1.04 bits per heavy atom. The number of carbonyl (C=O) groups is 2. The fourth-order valence-corrected chi connectivity index (χ4v) is 3.74. The van der Waals surface area contributed by atoms with E-state index in [9.17, 15) is 9.59 Å². The van der Waals surface area contributed by atoms with Crippen molar-refractivity contribution in [1.29, 1.82) is 0 Å². The Kier molecular flexibility index (Phi) is 7.01. The van der Waals surface area contributed by atoms with Crippen LogP contribution in [0.15, 0.2) is 60.7 Å². The molecule has 1 aliphatic carbocycles. The van der Waals surface area contributed by atoms with Crippen molar-refractivity contribution in [2.45, 2.75) is 38.1 Å². The van der Waals surface area contributed by atoms with Crippen LogP contribution in [0.25, 0.3) is 6.08 Å². The molecule has 3 rings (SSSR count). The molecule has 28 heavy (non-hydrogen) atoms. The standard InChI is InChI=1S/C24H28N2O2/c1-25-24(28)21-14-11-20(12-15-21)13-16-23(27)26(22-9-5-6-10-22)18-17-19-7-3-2-4-8-19/h2-4,7-8,11-16,22H,5-6,9-10,17-18H2,1H3,(H,25,28)/b16-13+. The Morgan fingerprint density at radius 3 is 2.36 bits per heavy atom. The average molecular weight is 377 g/mol. The zero-order valence-electron chi connectivity index (χ0n) is 16.4. The highest BCUT2D eigenvalue weighted by molar-refractivity contribution is 5.95. The van der Waals surface area contributed by atoms with Gasteiger partial charge in [0.25, 0.3) is 5.91 Å². The molecule has 2 aromatic carbocycles. The van der Waals surface area contributed by atoms with Crippen molar-refractivity contribution in [3.05, 3.63) is 77.4 Å². The summed E-state index contributed by atoms with van der Waals surface area (Å²) in [5.41, 5.74) is 2.78. The first-order chi connectivity index (χ1) is 13.7. The molecule has 0 aliphatic heterocycles. The number of amides is 2. The molecular weight excluding hydrogens is 348 g/mol. The van der Waals surface area contributed by atoms with Gasteiger partial charge >= 0.3 is 0 Å². The number of hydrogen-bond acceptors (Lipinski definition) is 2. The quantitative estimate of drug-likeness (QED) is 0.741. The third kappa shape index (κ3) is 5.32. The highest BCUT2D eigenvalue weighted by atomic mass is 16.2. The molecule has 2 amide bonds. The lowest BCUT2D eigenvalue weighted by Crippen LogP contribution is -2.39. The van der Waals surface area contributed by atoms with E-state index in [0.717, 1.165) is 31.4 Å². The third-order valence-corrected chi connectivity index (χ3v) is 5.35. The Bertz CT molecular complexity index is 806. The molecule has 146 valence electrons. The fourth-order valence-electron chi connectivity index (χ4n) is 3.74. The van der Waals surface area contributed by atoms with Crippen LogP contribution < -0.4 is 5.32 Å². The second-order valence-electron chi connectivity index (χ2n) is 7.24. The van der Waals surface area contributed by atoms with Crippen LogP contribution in [0.1, 0.15) is 47.2 Å². The van der Waals surface area contributed by atoms with Crippen molar-refractivity contribution >= 4 is 17.9 Å². The average Bonchev–Trinajstić information content (AvgIpc) is 3.27. The SMILES string of the molecule is CNC(=O)c1ccc(/C=C/C(=O)N(CCc2ccccc2)C2CCCC2)cc1. The first-order valence-electron chi connectivity index (χ1n) is 10.0. The summed E-state index contributed by atoms with van der Waals surface area (Å²) >= 11 is 0. The number of nitrogens with zero attached hydrogens (tertiary/aromatic N) is 1. The zero-order valence-corrected chi connectivity index (χ0v) is 16.4. The minimum absolute atomic E-state index is 0.0678. The van der Waals surface area contributed by atoms with E-state index >= 15 is 0 Å². The summed E-state index contributed by atoms with van der Waals surface area (Å²) in [7, 11) is 1.61. The van der Waals surface area contributed by atoms with E-state index in [2.05, 4.69) is 17.4 Å². The van der Waals surface area contributed by atoms with E-state index in [1.54, 1.807) is 25.3 Å². The van der Waals surface area contributed by atoms with E-state index in [0.29, 0.717) is 11.6 Å². The molecule has 1 fully saturated rings. The van der Waals surface area contributed by atoms with Crippen molar-refractivity contribution in [2.75, 3.05) is 13.6 Å². The van der Waals surface area contributed by atoms with Gasteiger partial charge in [-0.15, -0.1) is 0 Å². The molecule has 0 atom stereocenters. The normalized spacial score (nSPS) is 14.3. The van der Waals surface area contributed by atoms with Gasteiger partial charge in [-0.3, -0.25) is 9.59 Å². The van der Waals surface area contributed by atoms with Gasteiger partial charge in [-0.25, -0.2) is 0 Å². The van der Waals surface area contributed by atoms with Gasteiger partial charge in [-0.1, -0.05) is 55.3 Å². The Hall–Kier alpha value is -2.88. The predicted molar refractivity (Wildman–Crippen MR) is 113 cm³/mol. The monoisotopic (exact) mass is 376 g/mol. The lowest BCUT2D eigenvalue weighted by molar-refractivity contribution is -0.128. The van der Waals surface area contributed by atoms with Crippen LogP contribution in [0.4, 0.5) is 0 Å². The molecular formula is C24H28N2O2. The molecule has 1 aliphatic rings. The van der Waals surface area contributed by atoms with Crippen molar-refractivity contribution < 1.29 is 9.59 Å². The van der Waals surface area contributed by atoms with Crippen molar-refractivity contribution in [3.8, 4) is 0 Å². The predicted octanol–water partition coefficient (Wildman–Crippen LogP) is 4.07. The molecule has 0 bridgehead atoms. The lowest BCUT2D eigenvalue weighted by Gasteiger charge is -2.28. The minimum atomic E-state index is -0.111. The van der Waals surface area contributed by atoms with Gasteiger partial charge in [0.05, 0.1) is 0 Å². The van der Waals surface area contributed by atoms with Gasteiger partial charge in [0.2, 0.25) is 5.91 Å². The summed E-state index contributed by atoms with van der Waals surface area (Å²) in [6, 6.07) is 17.9. The number of hydrogen-bond donors (Lipinski definition) is 1. The topological polar surface area (TPSA) is 49.4 Å². The van der Waals surface area contributed by atoms with E-state index in [4.69, 9.17) is 0 Å². The van der Waals surface area contributed by atoms with Gasteiger partial charge < -0.3 is 10.2 Å². The van der Waals surface area contributed by atoms with Crippen LogP contribution >= 0.6 is 0 Å². The highest BCUT2D eigenvalue weighted by Gasteiger charge is 2.25. The Balaban J connectivity index is 1.66. The van der Waals surface area contributed by atoms with Crippen molar-refractivity contribution in [3.63, 3.8) is 0 Å². The molecule has 0 spiro atoms. The Labute approximate surface area is 167 Å². The number of benzene rings is 2. The molecule has 4 nitrogen and oxygen atoms in total. The van der Waals surface area contributed by atoms with E-state index in [1.165, 1.54) is 18.4 Å². The van der Waals surface area contributed by atoms with Gasteiger partial charge in [0, 0.05) is 31.3 Å². The van der Waals surface area contributed by atoms with Crippen molar-refractivity contribution in [1.82, 2.24) is 10.2 Å². The van der Waals surface area contributed by atoms with Gasteiger partial charge in [0.15, 0.2) is 0 Å². The van der Waals surface area contributed by atoms with E-state index < -0.39 is 0 Å². The summed E-state index contributed by atoms with van der Waals surface area (Å²) in [5, 5.41) is 2.61. The zero-order chi connectivity index (χ0) is 19.8. The Morgan fingerprint density at radius 2 is 1.71 bits per heavy atom. The summed E-state index contributed by atoms with van der Waals surface area (Å²) in [6.45, 7) is 0.744. The van der Waals surface area contributed by atoms with Gasteiger partial charge in [-0.05, 0) is 48.6 Å². The highest BCUT2D eigenvalue weighted by Crippen LogP contribution is 2.24. The summed E-state index contributed by atoms with van der Waals surface area (Å²) in [4.78, 5) is 26.6. The molecule has 1 saturated carbocycles. The van der Waals surface area contributed by atoms with E-state index in [-0.39, 0.29) is 11.8 Å². The molecule has 0 unspecified atom stereocenters. The molecule has 2 aromatic rings. The van der Waals surface area contributed by atoms with E-state index in [1.807, 2.05) is 41.3 Å². The van der Waals surface area contributed by atoms with Crippen molar-refractivity contribution in [2.24, 2.45) is 0 Å². The third-order valence-electron chi connectivity index (χ3n) is 5.35. The van der Waals surface area contributed by atoms with Gasteiger partial charge in [0.1, 0.15) is 0 Å². The van der Waals surface area contributed by atoms with Crippen LogP contribution in [0.5, 0.6) is 0 Å². The van der Waals surface area contributed by atoms with Crippen LogP contribution in [-0.4, -0.2) is 36.3 Å². The summed E-state index contributed by atoms with van der Waals surface area (Å²) in [6.07, 6.45) is 8.95. The largest absolute Gasteiger partial charge is 0.355 e. The van der Waals surface area contributed by atoms with Crippen LogP contribution in [-0.2, 0) is 11.2 Å². The first-order valence-corrected chi connectivity index (χ1v) is 10.0. The maximum absolute atomic E-state index is 12.9. The summed E-state index contributed by atoms with van der Waals surface area (Å²) in [5.74, 6) is -0.0434. The smallest absolute Gasteiger partial charge is 0.251 e. The number of carbonyl (C=O) groups excluding carboxylic acids is 2. The van der Waals surface area contributed by atoms with Crippen LogP contribution in [0.3, 0.4) is 0 Å². The minimum Gasteiger partial charge on any atom is -0.355 e. The maximum atomic E-state index is 12.9. The lowest BCUT2D eigenvalue weighted by atomic mass is 10.1. The first kappa shape index (κ1) is 19.9. The molecule has 1 N–H and O–H groups in total. The molecule has 0 saturated heterocycles. The second-order valence-corrected chi connectivity index (χ2v) is 7.24. The van der Waals surface area contributed by atoms with Crippen LogP contribution in [0.2, 0.25) is 0 Å². The summed E-state index contributed by atoms with van der Waals surface area (Å²) < 4.78 is 0.